The molecule has 0 saturated heterocycles. The van der Waals surface area contributed by atoms with Crippen LogP contribution in [0.4, 0.5) is 5.69 Å². The Labute approximate surface area is 58.5 Å². The molecule has 4 nitrogen and oxygen atoms in total. The van der Waals surface area contributed by atoms with Gasteiger partial charge in [0.2, 0.25) is 0 Å². The Morgan fingerprint density at radius 1 is 1.50 bits per heavy atom. The van der Waals surface area contributed by atoms with Gasteiger partial charge in [-0.1, -0.05) is 0 Å². The van der Waals surface area contributed by atoms with Gasteiger partial charge in [0.1, 0.15) is 0 Å². The van der Waals surface area contributed by atoms with Crippen LogP contribution in [0.3, 0.4) is 0 Å². The fourth-order valence-corrected chi connectivity index (χ4v) is 0.633. The fraction of sp³-hybridized carbons (Fsp3) is 0. The molecule has 52 valence electrons. The van der Waals surface area contributed by atoms with Crippen LogP contribution in [-0.2, 0) is 0 Å². The third-order valence-electron chi connectivity index (χ3n) is 1.17. The molecule has 0 unspecified atom stereocenters. The molecule has 4 N–H and O–H groups in total. The summed E-state index contributed by atoms with van der Waals surface area (Å²) in [4.78, 5) is 3.67. The molecule has 0 fully saturated rings. The molecule has 1 heterocycles. The minimum Gasteiger partial charge on any atom is -0.423 e. The molecular weight excluding hydrogens is 131 g/mol. The number of aromatic nitrogens is 1. The van der Waals surface area contributed by atoms with E-state index in [9.17, 15) is 0 Å². The third kappa shape index (κ3) is 1.26. The summed E-state index contributed by atoms with van der Waals surface area (Å²) in [6.07, 6.45) is 2.81. The van der Waals surface area contributed by atoms with Gasteiger partial charge in [-0.15, -0.1) is 0 Å². The Bertz CT molecular complexity index is 229. The lowest BCUT2D eigenvalue weighted by Gasteiger charge is -2.00. The molecule has 0 atom stereocenters. The van der Waals surface area contributed by atoms with E-state index in [2.05, 4.69) is 4.98 Å². The predicted octanol–water partition coefficient (Wildman–Crippen LogP) is -1.66. The van der Waals surface area contributed by atoms with E-state index in [1.165, 1.54) is 18.5 Å². The SMILES string of the molecule is Nc1ccncc1B(O)O. The van der Waals surface area contributed by atoms with Gasteiger partial charge in [-0.25, -0.2) is 0 Å². The zero-order chi connectivity index (χ0) is 7.56. The average molecular weight is 138 g/mol. The van der Waals surface area contributed by atoms with Crippen molar-refractivity contribution in [1.82, 2.24) is 4.98 Å². The lowest BCUT2D eigenvalue weighted by atomic mass is 9.80. The van der Waals surface area contributed by atoms with Gasteiger partial charge in [0, 0.05) is 23.5 Å². The van der Waals surface area contributed by atoms with Crippen molar-refractivity contribution in [2.75, 3.05) is 5.73 Å². The van der Waals surface area contributed by atoms with Crippen LogP contribution in [0.25, 0.3) is 0 Å². The maximum atomic E-state index is 8.64. The molecule has 0 amide bonds. The standard InChI is InChI=1S/C5H7BN2O2/c7-5-1-2-8-3-4(5)6(9)10/h1-3,9-10H,(H2,7,8). The molecule has 0 radical (unpaired) electrons. The van der Waals surface area contributed by atoms with E-state index in [-0.39, 0.29) is 5.46 Å². The van der Waals surface area contributed by atoms with E-state index in [1.54, 1.807) is 0 Å². The Balaban J connectivity index is 3.03. The van der Waals surface area contributed by atoms with Gasteiger partial charge < -0.3 is 15.8 Å². The molecule has 0 aromatic carbocycles. The molecule has 0 aliphatic carbocycles. The quantitative estimate of drug-likeness (QED) is 0.406. The number of nitrogens with zero attached hydrogens (tertiary/aromatic N) is 1. The van der Waals surface area contributed by atoms with Crippen molar-refractivity contribution >= 4 is 18.3 Å². The number of pyridine rings is 1. The number of rotatable bonds is 1. The number of nitrogens with two attached hydrogens (primary N) is 1. The third-order valence-corrected chi connectivity index (χ3v) is 1.17. The van der Waals surface area contributed by atoms with E-state index >= 15 is 0 Å². The summed E-state index contributed by atoms with van der Waals surface area (Å²) in [7, 11) is -1.53. The van der Waals surface area contributed by atoms with Gasteiger partial charge in [-0.2, -0.15) is 0 Å². The number of hydrogen-bond acceptors (Lipinski definition) is 4. The molecule has 5 heteroatoms. The first-order chi connectivity index (χ1) is 4.72. The molecule has 1 aromatic heterocycles. The number of hydrogen-bond donors (Lipinski definition) is 3. The van der Waals surface area contributed by atoms with Crippen LogP contribution in [0.1, 0.15) is 0 Å². The number of anilines is 1. The van der Waals surface area contributed by atoms with Crippen LogP contribution in [0, 0.1) is 0 Å². The fourth-order valence-electron chi connectivity index (χ4n) is 0.633. The maximum Gasteiger partial charge on any atom is 0.492 e. The van der Waals surface area contributed by atoms with Crippen LogP contribution in [0.5, 0.6) is 0 Å². The van der Waals surface area contributed by atoms with E-state index in [4.69, 9.17) is 15.8 Å². The first kappa shape index (κ1) is 7.05. The smallest absolute Gasteiger partial charge is 0.423 e. The highest BCUT2D eigenvalue weighted by atomic mass is 16.4. The molecule has 10 heavy (non-hydrogen) atoms. The molecular formula is C5H7BN2O2. The Kier molecular flexibility index (Phi) is 1.89. The van der Waals surface area contributed by atoms with Crippen molar-refractivity contribution < 1.29 is 10.0 Å². The zero-order valence-electron chi connectivity index (χ0n) is 5.23. The second-order valence-corrected chi connectivity index (χ2v) is 1.88. The van der Waals surface area contributed by atoms with Crippen molar-refractivity contribution in [3.8, 4) is 0 Å². The second kappa shape index (κ2) is 2.68. The summed E-state index contributed by atoms with van der Waals surface area (Å²) >= 11 is 0. The Morgan fingerprint density at radius 3 is 2.60 bits per heavy atom. The molecule has 0 aliphatic rings. The van der Waals surface area contributed by atoms with E-state index in [0.717, 1.165) is 0 Å². The second-order valence-electron chi connectivity index (χ2n) is 1.88. The highest BCUT2D eigenvalue weighted by Gasteiger charge is 2.13. The zero-order valence-corrected chi connectivity index (χ0v) is 5.23. The Hall–Kier alpha value is -1.07. The van der Waals surface area contributed by atoms with Gasteiger partial charge in [-0.05, 0) is 6.07 Å². The molecule has 1 aromatic rings. The van der Waals surface area contributed by atoms with Gasteiger partial charge in [0.05, 0.1) is 0 Å². The number of nitrogen functional groups attached to an aromatic ring is 1. The summed E-state index contributed by atoms with van der Waals surface area (Å²) in [5.41, 5.74) is 5.94. The van der Waals surface area contributed by atoms with E-state index < -0.39 is 7.12 Å². The van der Waals surface area contributed by atoms with Crippen LogP contribution in [-0.4, -0.2) is 22.2 Å². The summed E-state index contributed by atoms with van der Waals surface area (Å²) < 4.78 is 0. The highest BCUT2D eigenvalue weighted by molar-refractivity contribution is 6.60. The van der Waals surface area contributed by atoms with E-state index in [0.29, 0.717) is 5.69 Å². The monoisotopic (exact) mass is 138 g/mol. The molecule has 0 saturated carbocycles. The van der Waals surface area contributed by atoms with Gasteiger partial charge in [0.15, 0.2) is 0 Å². The normalized spacial score (nSPS) is 9.40. The highest BCUT2D eigenvalue weighted by Crippen LogP contribution is 1.93. The summed E-state index contributed by atoms with van der Waals surface area (Å²) in [6, 6.07) is 1.51. The van der Waals surface area contributed by atoms with Crippen molar-refractivity contribution in [3.05, 3.63) is 18.5 Å². The molecule has 1 rings (SSSR count). The van der Waals surface area contributed by atoms with Crippen LogP contribution < -0.4 is 11.2 Å². The first-order valence-corrected chi connectivity index (χ1v) is 2.77. The summed E-state index contributed by atoms with van der Waals surface area (Å²) in [5.74, 6) is 0. The maximum absolute atomic E-state index is 8.64. The minimum absolute atomic E-state index is 0.238. The van der Waals surface area contributed by atoms with Crippen molar-refractivity contribution in [2.45, 2.75) is 0 Å². The average Bonchev–Trinajstić information content (AvgIpc) is 1.88. The van der Waals surface area contributed by atoms with Crippen LogP contribution >= 0.6 is 0 Å². The molecule has 0 bridgehead atoms. The van der Waals surface area contributed by atoms with Crippen LogP contribution in [0.15, 0.2) is 18.5 Å². The van der Waals surface area contributed by atoms with Crippen molar-refractivity contribution in [3.63, 3.8) is 0 Å². The van der Waals surface area contributed by atoms with Gasteiger partial charge in [0.25, 0.3) is 0 Å². The molecule has 0 aliphatic heterocycles. The molecule has 0 spiro atoms. The van der Waals surface area contributed by atoms with Crippen LogP contribution in [0.2, 0.25) is 0 Å². The minimum atomic E-state index is -1.53. The van der Waals surface area contributed by atoms with Gasteiger partial charge in [-0.3, -0.25) is 4.98 Å². The topological polar surface area (TPSA) is 79.4 Å². The Morgan fingerprint density at radius 2 is 2.20 bits per heavy atom. The van der Waals surface area contributed by atoms with Crippen molar-refractivity contribution in [2.24, 2.45) is 0 Å². The lowest BCUT2D eigenvalue weighted by Crippen LogP contribution is -2.32. The lowest BCUT2D eigenvalue weighted by molar-refractivity contribution is 0.426. The summed E-state index contributed by atoms with van der Waals surface area (Å²) in [6.45, 7) is 0. The van der Waals surface area contributed by atoms with Crippen molar-refractivity contribution in [1.29, 1.82) is 0 Å². The van der Waals surface area contributed by atoms with E-state index in [1.807, 2.05) is 0 Å². The first-order valence-electron chi connectivity index (χ1n) is 2.77. The predicted molar refractivity (Wildman–Crippen MR) is 38.5 cm³/mol. The largest absolute Gasteiger partial charge is 0.492 e. The van der Waals surface area contributed by atoms with Gasteiger partial charge >= 0.3 is 7.12 Å². The summed E-state index contributed by atoms with van der Waals surface area (Å²) in [5, 5.41) is 17.3.